The predicted octanol–water partition coefficient (Wildman–Crippen LogP) is 4.69. The lowest BCUT2D eigenvalue weighted by Crippen LogP contribution is -2.17. The van der Waals surface area contributed by atoms with E-state index < -0.39 is 0 Å². The summed E-state index contributed by atoms with van der Waals surface area (Å²) in [7, 11) is 1.59. The number of thioether (sulfide) groups is 1. The van der Waals surface area contributed by atoms with Crippen molar-refractivity contribution in [1.29, 1.82) is 0 Å². The Labute approximate surface area is 189 Å². The summed E-state index contributed by atoms with van der Waals surface area (Å²) >= 11 is 12.7. The highest BCUT2D eigenvalue weighted by molar-refractivity contribution is 8.26. The molecule has 0 unspecified atom stereocenters. The molecular weight excluding hydrogens is 446 g/mol. The SMILES string of the molecule is CCOc1cc(/C=C2\SC(=S)NC2=O)cc(Cl)c1OCCOc1ccccc1OC. The van der Waals surface area contributed by atoms with Gasteiger partial charge in [-0.3, -0.25) is 4.79 Å². The Morgan fingerprint density at radius 2 is 1.83 bits per heavy atom. The van der Waals surface area contributed by atoms with Gasteiger partial charge in [-0.25, -0.2) is 0 Å². The lowest BCUT2D eigenvalue weighted by atomic mass is 10.2. The van der Waals surface area contributed by atoms with Crippen LogP contribution in [0, 0.1) is 0 Å². The zero-order valence-electron chi connectivity index (χ0n) is 16.4. The number of nitrogens with one attached hydrogen (secondary N) is 1. The largest absolute Gasteiger partial charge is 0.493 e. The quantitative estimate of drug-likeness (QED) is 0.327. The van der Waals surface area contributed by atoms with Crippen molar-refractivity contribution < 1.29 is 23.7 Å². The highest BCUT2D eigenvalue weighted by Gasteiger charge is 2.22. The van der Waals surface area contributed by atoms with Crippen LogP contribution in [0.5, 0.6) is 23.0 Å². The summed E-state index contributed by atoms with van der Waals surface area (Å²) in [5.41, 5.74) is 0.712. The van der Waals surface area contributed by atoms with Crippen molar-refractivity contribution in [2.24, 2.45) is 0 Å². The van der Waals surface area contributed by atoms with E-state index in [0.717, 1.165) is 0 Å². The molecule has 1 fully saturated rings. The van der Waals surface area contributed by atoms with Crippen LogP contribution in [0.4, 0.5) is 0 Å². The van der Waals surface area contributed by atoms with Gasteiger partial charge in [0.15, 0.2) is 23.0 Å². The van der Waals surface area contributed by atoms with Crippen molar-refractivity contribution in [3.8, 4) is 23.0 Å². The average molecular weight is 466 g/mol. The monoisotopic (exact) mass is 465 g/mol. The second-order valence-corrected chi connectivity index (χ2v) is 8.09. The van der Waals surface area contributed by atoms with Crippen LogP contribution in [0.2, 0.25) is 5.02 Å². The zero-order valence-corrected chi connectivity index (χ0v) is 18.8. The molecule has 2 aromatic rings. The maximum Gasteiger partial charge on any atom is 0.263 e. The molecule has 0 aromatic heterocycles. The molecule has 0 aliphatic carbocycles. The lowest BCUT2D eigenvalue weighted by molar-refractivity contribution is -0.115. The van der Waals surface area contributed by atoms with Gasteiger partial charge in [0.1, 0.15) is 17.5 Å². The molecule has 3 rings (SSSR count). The molecule has 0 radical (unpaired) electrons. The summed E-state index contributed by atoms with van der Waals surface area (Å²) in [6.45, 7) is 2.85. The molecular formula is C21H20ClNO5S2. The van der Waals surface area contributed by atoms with E-state index in [-0.39, 0.29) is 12.5 Å². The van der Waals surface area contributed by atoms with E-state index in [0.29, 0.717) is 56.0 Å². The van der Waals surface area contributed by atoms with Gasteiger partial charge in [0.2, 0.25) is 0 Å². The molecule has 1 N–H and O–H groups in total. The maximum atomic E-state index is 11.9. The van der Waals surface area contributed by atoms with Crippen LogP contribution < -0.4 is 24.3 Å². The number of ether oxygens (including phenoxy) is 4. The van der Waals surface area contributed by atoms with E-state index in [4.69, 9.17) is 42.8 Å². The fourth-order valence-electron chi connectivity index (χ4n) is 2.68. The van der Waals surface area contributed by atoms with Crippen LogP contribution in [0.25, 0.3) is 6.08 Å². The van der Waals surface area contributed by atoms with Gasteiger partial charge in [0, 0.05) is 0 Å². The minimum Gasteiger partial charge on any atom is -0.493 e. The number of hydrogen-bond acceptors (Lipinski definition) is 7. The average Bonchev–Trinajstić information content (AvgIpc) is 3.04. The molecule has 1 aliphatic rings. The molecule has 2 aromatic carbocycles. The number of amides is 1. The maximum absolute atomic E-state index is 11.9. The Balaban J connectivity index is 1.70. The first-order valence-corrected chi connectivity index (χ1v) is 10.7. The number of carbonyl (C=O) groups is 1. The first-order valence-electron chi connectivity index (χ1n) is 9.11. The van der Waals surface area contributed by atoms with E-state index in [1.165, 1.54) is 11.8 Å². The normalized spacial score (nSPS) is 14.6. The van der Waals surface area contributed by atoms with E-state index in [9.17, 15) is 4.79 Å². The molecule has 0 bridgehead atoms. The van der Waals surface area contributed by atoms with E-state index in [1.807, 2.05) is 31.2 Å². The second-order valence-electron chi connectivity index (χ2n) is 5.96. The van der Waals surface area contributed by atoms with Gasteiger partial charge in [-0.05, 0) is 42.8 Å². The Bertz CT molecular complexity index is 980. The van der Waals surface area contributed by atoms with Crippen molar-refractivity contribution in [2.75, 3.05) is 26.9 Å². The summed E-state index contributed by atoms with van der Waals surface area (Å²) in [6.07, 6.45) is 1.71. The lowest BCUT2D eigenvalue weighted by Gasteiger charge is -2.15. The third kappa shape index (κ3) is 5.59. The summed E-state index contributed by atoms with van der Waals surface area (Å²) in [6, 6.07) is 10.9. The van der Waals surface area contributed by atoms with Crippen molar-refractivity contribution in [1.82, 2.24) is 5.32 Å². The van der Waals surface area contributed by atoms with Crippen LogP contribution in [-0.2, 0) is 4.79 Å². The van der Waals surface area contributed by atoms with Gasteiger partial charge >= 0.3 is 0 Å². The minimum atomic E-state index is -0.229. The van der Waals surface area contributed by atoms with Crippen LogP contribution >= 0.6 is 35.6 Å². The number of methoxy groups -OCH3 is 1. The Kier molecular flexibility index (Phi) is 7.84. The highest BCUT2D eigenvalue weighted by Crippen LogP contribution is 2.38. The summed E-state index contributed by atoms with van der Waals surface area (Å²) in [4.78, 5) is 12.4. The molecule has 0 spiro atoms. The first-order chi connectivity index (χ1) is 14.5. The summed E-state index contributed by atoms with van der Waals surface area (Å²) < 4.78 is 22.9. The van der Waals surface area contributed by atoms with Gasteiger partial charge in [-0.2, -0.15) is 0 Å². The van der Waals surface area contributed by atoms with Gasteiger partial charge in [0.25, 0.3) is 5.91 Å². The van der Waals surface area contributed by atoms with Crippen molar-refractivity contribution in [3.05, 3.63) is 51.9 Å². The smallest absolute Gasteiger partial charge is 0.263 e. The molecule has 1 amide bonds. The summed E-state index contributed by atoms with van der Waals surface area (Å²) in [5.74, 6) is 1.96. The third-order valence-corrected chi connectivity index (χ3v) is 5.37. The number of carbonyl (C=O) groups excluding carboxylic acids is 1. The van der Waals surface area contributed by atoms with Crippen molar-refractivity contribution in [2.45, 2.75) is 6.92 Å². The zero-order chi connectivity index (χ0) is 21.5. The summed E-state index contributed by atoms with van der Waals surface area (Å²) in [5, 5.41) is 2.96. The topological polar surface area (TPSA) is 66.0 Å². The van der Waals surface area contributed by atoms with Gasteiger partial charge in [-0.1, -0.05) is 47.7 Å². The van der Waals surface area contributed by atoms with Gasteiger partial charge < -0.3 is 24.3 Å². The second kappa shape index (κ2) is 10.6. The number of para-hydroxylation sites is 2. The number of benzene rings is 2. The van der Waals surface area contributed by atoms with Gasteiger partial charge in [-0.15, -0.1) is 0 Å². The number of rotatable bonds is 9. The molecule has 9 heteroatoms. The Hall–Kier alpha value is -2.42. The fraction of sp³-hybridized carbons (Fsp3) is 0.238. The minimum absolute atomic E-state index is 0.229. The Morgan fingerprint density at radius 1 is 1.10 bits per heavy atom. The third-order valence-electron chi connectivity index (χ3n) is 3.93. The molecule has 158 valence electrons. The standard InChI is InChI=1S/C21H20ClNO5S2/c1-3-26-17-11-13(12-18-20(24)23-21(29)30-18)10-14(22)19(17)28-9-8-27-16-7-5-4-6-15(16)25-2/h4-7,10-12H,3,8-9H2,1-2H3,(H,23,24,29)/b18-12-. The van der Waals surface area contributed by atoms with E-state index in [2.05, 4.69) is 5.32 Å². The van der Waals surface area contributed by atoms with E-state index in [1.54, 1.807) is 25.3 Å². The molecule has 0 atom stereocenters. The molecule has 6 nitrogen and oxygen atoms in total. The van der Waals surface area contributed by atoms with Crippen molar-refractivity contribution in [3.63, 3.8) is 0 Å². The molecule has 1 aliphatic heterocycles. The first kappa shape index (κ1) is 22.3. The number of halogens is 1. The molecule has 1 saturated heterocycles. The predicted molar refractivity (Wildman–Crippen MR) is 123 cm³/mol. The van der Waals surface area contributed by atoms with Crippen LogP contribution in [0.3, 0.4) is 0 Å². The molecule has 0 saturated carbocycles. The van der Waals surface area contributed by atoms with Crippen molar-refractivity contribution >= 4 is 51.9 Å². The molecule has 1 heterocycles. The number of hydrogen-bond donors (Lipinski definition) is 1. The number of thiocarbonyl (C=S) groups is 1. The highest BCUT2D eigenvalue weighted by atomic mass is 35.5. The van der Waals surface area contributed by atoms with Crippen LogP contribution in [0.1, 0.15) is 12.5 Å². The fourth-order valence-corrected chi connectivity index (χ4v) is 4.00. The van der Waals surface area contributed by atoms with Gasteiger partial charge in [0.05, 0.1) is 23.6 Å². The molecule has 30 heavy (non-hydrogen) atoms. The van der Waals surface area contributed by atoms with Crippen LogP contribution in [-0.4, -0.2) is 37.2 Å². The Morgan fingerprint density at radius 3 is 2.50 bits per heavy atom. The van der Waals surface area contributed by atoms with Crippen LogP contribution in [0.15, 0.2) is 41.3 Å². The van der Waals surface area contributed by atoms with E-state index >= 15 is 0 Å².